The lowest BCUT2D eigenvalue weighted by molar-refractivity contribution is 0.102. The number of fused-ring (bicyclic) bond motifs is 1. The van der Waals surface area contributed by atoms with Crippen LogP contribution in [0.15, 0.2) is 97.2 Å². The molecular formula is C31H27N5O2. The quantitative estimate of drug-likeness (QED) is 0.252. The van der Waals surface area contributed by atoms with Crippen LogP contribution in [0.4, 0.5) is 22.9 Å². The van der Waals surface area contributed by atoms with Gasteiger partial charge in [0.25, 0.3) is 5.91 Å². The Bertz CT molecular complexity index is 1620. The van der Waals surface area contributed by atoms with Crippen molar-refractivity contribution < 1.29 is 9.53 Å². The molecule has 7 nitrogen and oxygen atoms in total. The molecule has 0 unspecified atom stereocenters. The predicted molar refractivity (Wildman–Crippen MR) is 152 cm³/mol. The number of ether oxygens (including phenoxy) is 1. The van der Waals surface area contributed by atoms with Gasteiger partial charge in [0.1, 0.15) is 17.3 Å². The summed E-state index contributed by atoms with van der Waals surface area (Å²) in [5, 5.41) is 7.39. The van der Waals surface area contributed by atoms with Gasteiger partial charge >= 0.3 is 0 Å². The van der Waals surface area contributed by atoms with Gasteiger partial charge in [-0.2, -0.15) is 0 Å². The molecule has 0 atom stereocenters. The minimum absolute atomic E-state index is 0.233. The van der Waals surface area contributed by atoms with Crippen LogP contribution >= 0.6 is 0 Å². The van der Waals surface area contributed by atoms with Crippen molar-refractivity contribution in [2.45, 2.75) is 13.3 Å². The lowest BCUT2D eigenvalue weighted by Crippen LogP contribution is -2.36. The van der Waals surface area contributed by atoms with Crippen LogP contribution in [0.25, 0.3) is 10.9 Å². The second-order valence-electron chi connectivity index (χ2n) is 9.31. The summed E-state index contributed by atoms with van der Waals surface area (Å²) in [5.74, 6) is 1.73. The second kappa shape index (κ2) is 10.2. The molecule has 3 aromatic carbocycles. The van der Waals surface area contributed by atoms with E-state index in [1.165, 1.54) is 12.1 Å². The van der Waals surface area contributed by atoms with Crippen LogP contribution in [0.2, 0.25) is 0 Å². The summed E-state index contributed by atoms with van der Waals surface area (Å²) >= 11 is 0. The monoisotopic (exact) mass is 501 g/mol. The van der Waals surface area contributed by atoms with Gasteiger partial charge in [-0.25, -0.2) is 4.98 Å². The summed E-state index contributed by atoms with van der Waals surface area (Å²) in [7, 11) is 0. The first kappa shape index (κ1) is 23.5. The predicted octanol–water partition coefficient (Wildman–Crippen LogP) is 6.94. The highest BCUT2D eigenvalue weighted by Crippen LogP contribution is 2.31. The SMILES string of the molecule is Cc1cc(Nc2cc(C(=O)Nc3cccc(Oc4ccccc4)c3)ccn2)c2cc(N3CCC3)ccc2n1. The summed E-state index contributed by atoms with van der Waals surface area (Å²) < 4.78 is 5.89. The number of carbonyl (C=O) groups is 1. The van der Waals surface area contributed by atoms with Crippen molar-refractivity contribution in [1.82, 2.24) is 9.97 Å². The maximum absolute atomic E-state index is 13.1. The first-order chi connectivity index (χ1) is 18.6. The third kappa shape index (κ3) is 5.13. The molecule has 7 heteroatoms. The van der Waals surface area contributed by atoms with Crippen molar-refractivity contribution in [1.29, 1.82) is 0 Å². The summed E-state index contributed by atoms with van der Waals surface area (Å²) in [4.78, 5) is 24.6. The molecular weight excluding hydrogens is 474 g/mol. The molecule has 0 aliphatic carbocycles. The molecule has 2 aromatic heterocycles. The molecule has 1 fully saturated rings. The summed E-state index contributed by atoms with van der Waals surface area (Å²) in [5.41, 5.74) is 5.06. The van der Waals surface area contributed by atoms with Gasteiger partial charge in [-0.1, -0.05) is 24.3 Å². The zero-order chi connectivity index (χ0) is 25.9. The number of hydrogen-bond donors (Lipinski definition) is 2. The van der Waals surface area contributed by atoms with E-state index < -0.39 is 0 Å². The molecule has 0 bridgehead atoms. The topological polar surface area (TPSA) is 79.4 Å². The van der Waals surface area contributed by atoms with Crippen LogP contribution in [-0.4, -0.2) is 29.0 Å². The Balaban J connectivity index is 1.21. The third-order valence-corrected chi connectivity index (χ3v) is 6.50. The highest BCUT2D eigenvalue weighted by atomic mass is 16.5. The fourth-order valence-corrected chi connectivity index (χ4v) is 4.46. The van der Waals surface area contributed by atoms with Crippen LogP contribution in [0.1, 0.15) is 22.5 Å². The standard InChI is InChI=1S/C31H27N5O2/c1-21-17-29(27-20-24(36-15-6-16-36)11-12-28(27)33-21)35-30-18-22(13-14-32-30)31(37)34-23-7-5-10-26(19-23)38-25-8-3-2-4-9-25/h2-5,7-14,17-20H,6,15-16H2,1H3,(H,34,37)(H,32,33,35). The van der Waals surface area contributed by atoms with Crippen molar-refractivity contribution in [2.24, 2.45) is 0 Å². The number of nitrogens with one attached hydrogen (secondary N) is 2. The van der Waals surface area contributed by atoms with Crippen molar-refractivity contribution in [2.75, 3.05) is 28.6 Å². The van der Waals surface area contributed by atoms with E-state index in [4.69, 9.17) is 9.72 Å². The van der Waals surface area contributed by atoms with Crippen LogP contribution in [-0.2, 0) is 0 Å². The van der Waals surface area contributed by atoms with Gasteiger partial charge in [-0.05, 0) is 74.0 Å². The van der Waals surface area contributed by atoms with Gasteiger partial charge in [-0.3, -0.25) is 9.78 Å². The maximum Gasteiger partial charge on any atom is 0.255 e. The van der Waals surface area contributed by atoms with Crippen LogP contribution in [0.3, 0.4) is 0 Å². The fraction of sp³-hybridized carbons (Fsp3) is 0.129. The average molecular weight is 502 g/mol. The largest absolute Gasteiger partial charge is 0.457 e. The Hall–Kier alpha value is -4.91. The van der Waals surface area contributed by atoms with Gasteiger partial charge in [0.05, 0.1) is 11.2 Å². The van der Waals surface area contributed by atoms with E-state index in [0.717, 1.165) is 41.1 Å². The number of para-hydroxylation sites is 1. The van der Waals surface area contributed by atoms with Crippen molar-refractivity contribution in [3.8, 4) is 11.5 Å². The molecule has 0 radical (unpaired) electrons. The highest BCUT2D eigenvalue weighted by molar-refractivity contribution is 6.05. The molecule has 3 heterocycles. The molecule has 6 rings (SSSR count). The summed E-state index contributed by atoms with van der Waals surface area (Å²) in [6, 6.07) is 28.7. The van der Waals surface area contributed by atoms with E-state index in [1.54, 1.807) is 24.4 Å². The van der Waals surface area contributed by atoms with Gasteiger partial charge in [0.15, 0.2) is 0 Å². The number of nitrogens with zero attached hydrogens (tertiary/aromatic N) is 3. The molecule has 1 aliphatic rings. The molecule has 0 spiro atoms. The van der Waals surface area contributed by atoms with Crippen molar-refractivity contribution >= 4 is 39.7 Å². The Kier molecular flexibility index (Phi) is 6.32. The normalized spacial score (nSPS) is 12.6. The Morgan fingerprint density at radius 1 is 0.895 bits per heavy atom. The number of aryl methyl sites for hydroxylation is 1. The first-order valence-electron chi connectivity index (χ1n) is 12.6. The Morgan fingerprint density at radius 2 is 1.74 bits per heavy atom. The van der Waals surface area contributed by atoms with E-state index >= 15 is 0 Å². The second-order valence-corrected chi connectivity index (χ2v) is 9.31. The van der Waals surface area contributed by atoms with Crippen LogP contribution < -0.4 is 20.3 Å². The minimum atomic E-state index is -0.233. The fourth-order valence-electron chi connectivity index (χ4n) is 4.46. The van der Waals surface area contributed by atoms with E-state index in [2.05, 4.69) is 38.7 Å². The Morgan fingerprint density at radius 3 is 2.55 bits per heavy atom. The number of amides is 1. The van der Waals surface area contributed by atoms with Gasteiger partial charge < -0.3 is 20.3 Å². The molecule has 1 aliphatic heterocycles. The van der Waals surface area contributed by atoms with Gasteiger partial charge in [0, 0.05) is 53.4 Å². The van der Waals surface area contributed by atoms with E-state index in [1.807, 2.05) is 61.5 Å². The van der Waals surface area contributed by atoms with E-state index in [-0.39, 0.29) is 5.91 Å². The van der Waals surface area contributed by atoms with E-state index in [0.29, 0.717) is 22.8 Å². The number of rotatable bonds is 7. The van der Waals surface area contributed by atoms with Crippen molar-refractivity contribution in [3.05, 3.63) is 108 Å². The average Bonchev–Trinajstić information content (AvgIpc) is 2.89. The number of aromatic nitrogens is 2. The molecule has 188 valence electrons. The van der Waals surface area contributed by atoms with Crippen LogP contribution in [0.5, 0.6) is 11.5 Å². The lowest BCUT2D eigenvalue weighted by atomic mass is 10.1. The van der Waals surface area contributed by atoms with Gasteiger partial charge in [0.2, 0.25) is 0 Å². The number of hydrogen-bond acceptors (Lipinski definition) is 6. The zero-order valence-electron chi connectivity index (χ0n) is 21.0. The van der Waals surface area contributed by atoms with Crippen LogP contribution in [0, 0.1) is 6.92 Å². The van der Waals surface area contributed by atoms with Crippen molar-refractivity contribution in [3.63, 3.8) is 0 Å². The van der Waals surface area contributed by atoms with Gasteiger partial charge in [-0.15, -0.1) is 0 Å². The Labute approximate surface area is 221 Å². The molecule has 5 aromatic rings. The molecule has 1 amide bonds. The number of benzene rings is 3. The number of pyridine rings is 2. The summed E-state index contributed by atoms with van der Waals surface area (Å²) in [6.07, 6.45) is 2.85. The zero-order valence-corrected chi connectivity index (χ0v) is 21.0. The lowest BCUT2D eigenvalue weighted by Gasteiger charge is -2.33. The number of anilines is 4. The molecule has 0 saturated carbocycles. The molecule has 1 saturated heterocycles. The number of carbonyl (C=O) groups excluding carboxylic acids is 1. The summed E-state index contributed by atoms with van der Waals surface area (Å²) in [6.45, 7) is 4.13. The third-order valence-electron chi connectivity index (χ3n) is 6.50. The van der Waals surface area contributed by atoms with E-state index in [9.17, 15) is 4.79 Å². The molecule has 38 heavy (non-hydrogen) atoms. The first-order valence-corrected chi connectivity index (χ1v) is 12.6. The minimum Gasteiger partial charge on any atom is -0.457 e. The molecule has 2 N–H and O–H groups in total. The maximum atomic E-state index is 13.1. The highest BCUT2D eigenvalue weighted by Gasteiger charge is 2.16. The smallest absolute Gasteiger partial charge is 0.255 e.